The van der Waals surface area contributed by atoms with Crippen LogP contribution in [0.4, 0.5) is 0 Å². The molecule has 19 heavy (non-hydrogen) atoms. The van der Waals surface area contributed by atoms with Gasteiger partial charge in [-0.1, -0.05) is 13.8 Å². The number of aliphatic carboxylic acids is 2. The van der Waals surface area contributed by atoms with E-state index in [4.69, 9.17) is 10.2 Å². The van der Waals surface area contributed by atoms with Crippen molar-refractivity contribution in [1.82, 2.24) is 0 Å². The minimum atomic E-state index is -1.02. The van der Waals surface area contributed by atoms with E-state index >= 15 is 0 Å². The van der Waals surface area contributed by atoms with E-state index in [9.17, 15) is 19.2 Å². The predicted molar refractivity (Wildman–Crippen MR) is 74.1 cm³/mol. The molecule has 0 heterocycles. The summed E-state index contributed by atoms with van der Waals surface area (Å²) in [5.41, 5.74) is 0. The SMILES string of the molecule is CCC(C(C)=O)C(=O)O.CCC(C(C)=O)C(=O)O.[GaH3]. The van der Waals surface area contributed by atoms with Crippen LogP contribution in [0.2, 0.25) is 0 Å². The number of ketones is 2. The maximum absolute atomic E-state index is 10.4. The second kappa shape index (κ2) is 12.0. The Morgan fingerprint density at radius 2 is 1.00 bits per heavy atom. The van der Waals surface area contributed by atoms with Gasteiger partial charge in [-0.05, 0) is 26.7 Å². The van der Waals surface area contributed by atoms with Crippen LogP contribution in [0.15, 0.2) is 0 Å². The van der Waals surface area contributed by atoms with Gasteiger partial charge in [0.2, 0.25) is 0 Å². The van der Waals surface area contributed by atoms with Crippen molar-refractivity contribution in [3.05, 3.63) is 0 Å². The summed E-state index contributed by atoms with van der Waals surface area (Å²) in [4.78, 5) is 41.2. The molecule has 0 amide bonds. The first-order valence-corrected chi connectivity index (χ1v) is 5.65. The van der Waals surface area contributed by atoms with Gasteiger partial charge in [0.1, 0.15) is 23.4 Å². The van der Waals surface area contributed by atoms with Gasteiger partial charge >= 0.3 is 31.7 Å². The fraction of sp³-hybridized carbons (Fsp3) is 0.667. The van der Waals surface area contributed by atoms with Crippen LogP contribution >= 0.6 is 0 Å². The van der Waals surface area contributed by atoms with E-state index < -0.39 is 23.8 Å². The first-order chi connectivity index (χ1) is 8.18. The quantitative estimate of drug-likeness (QED) is 0.531. The van der Waals surface area contributed by atoms with Crippen LogP contribution in [-0.2, 0) is 19.2 Å². The van der Waals surface area contributed by atoms with Crippen molar-refractivity contribution < 1.29 is 29.4 Å². The molecule has 0 aromatic carbocycles. The van der Waals surface area contributed by atoms with E-state index in [2.05, 4.69) is 0 Å². The van der Waals surface area contributed by atoms with Gasteiger partial charge in [-0.15, -0.1) is 0 Å². The Labute approximate surface area is 125 Å². The normalized spacial score (nSPS) is 12.0. The molecule has 0 aliphatic carbocycles. The number of hydrogen-bond acceptors (Lipinski definition) is 4. The van der Waals surface area contributed by atoms with Crippen LogP contribution in [0.3, 0.4) is 0 Å². The molecule has 0 bridgehead atoms. The van der Waals surface area contributed by atoms with Crippen molar-refractivity contribution >= 4 is 43.3 Å². The van der Waals surface area contributed by atoms with Crippen molar-refractivity contribution in [1.29, 1.82) is 0 Å². The molecule has 0 aliphatic heterocycles. The third-order valence-electron chi connectivity index (χ3n) is 2.39. The fourth-order valence-electron chi connectivity index (χ4n) is 1.27. The summed E-state index contributed by atoms with van der Waals surface area (Å²) in [6, 6.07) is 0. The first kappa shape index (κ1) is 23.0. The number of carbonyl (C=O) groups excluding carboxylic acids is 2. The molecule has 0 aromatic rings. The van der Waals surface area contributed by atoms with E-state index in [1.54, 1.807) is 13.8 Å². The zero-order valence-electron chi connectivity index (χ0n) is 11.1. The Morgan fingerprint density at radius 3 is 1.00 bits per heavy atom. The topological polar surface area (TPSA) is 109 Å². The van der Waals surface area contributed by atoms with Gasteiger partial charge in [-0.25, -0.2) is 0 Å². The van der Waals surface area contributed by atoms with Gasteiger partial charge in [0.25, 0.3) is 0 Å². The summed E-state index contributed by atoms with van der Waals surface area (Å²) < 4.78 is 0. The average molecular weight is 333 g/mol. The van der Waals surface area contributed by atoms with Crippen molar-refractivity contribution in [2.45, 2.75) is 40.5 Å². The molecule has 2 unspecified atom stereocenters. The summed E-state index contributed by atoms with van der Waals surface area (Å²) in [7, 11) is 0. The third kappa shape index (κ3) is 10.5. The molecule has 0 radical (unpaired) electrons. The van der Waals surface area contributed by atoms with Gasteiger partial charge in [-0.3, -0.25) is 19.2 Å². The van der Waals surface area contributed by atoms with Crippen LogP contribution in [-0.4, -0.2) is 53.5 Å². The van der Waals surface area contributed by atoms with Crippen LogP contribution in [0.5, 0.6) is 0 Å². The Kier molecular flexibility index (Phi) is 14.5. The van der Waals surface area contributed by atoms with Crippen molar-refractivity contribution in [2.75, 3.05) is 0 Å². The monoisotopic (exact) mass is 332 g/mol. The Balaban J connectivity index is -0.000000256. The van der Waals surface area contributed by atoms with Gasteiger partial charge in [0.15, 0.2) is 0 Å². The molecular formula is C12H23GaO6. The summed E-state index contributed by atoms with van der Waals surface area (Å²) in [5, 5.41) is 16.6. The molecule has 0 aliphatic rings. The molecule has 0 rings (SSSR count). The van der Waals surface area contributed by atoms with Gasteiger partial charge in [-0.2, -0.15) is 0 Å². The molecule has 7 heteroatoms. The first-order valence-electron chi connectivity index (χ1n) is 5.65. The molecule has 2 N–H and O–H groups in total. The standard InChI is InChI=1S/2C6H10O3.Ga.3H/c2*1-3-5(4(2)7)6(8)9;;;;/h2*5H,3H2,1-2H3,(H,8,9);;;;. The van der Waals surface area contributed by atoms with E-state index in [0.717, 1.165) is 0 Å². The molecule has 0 saturated heterocycles. The summed E-state index contributed by atoms with van der Waals surface area (Å²) >= 11 is 0. The fourth-order valence-corrected chi connectivity index (χ4v) is 1.27. The Bertz CT molecular complexity index is 266. The maximum atomic E-state index is 10.4. The predicted octanol–water partition coefficient (Wildman–Crippen LogP) is 0.188. The summed E-state index contributed by atoms with van der Waals surface area (Å²) in [5.74, 6) is -4.19. The van der Waals surface area contributed by atoms with Gasteiger partial charge in [0.05, 0.1) is 0 Å². The number of carboxylic acids is 2. The van der Waals surface area contributed by atoms with Crippen LogP contribution < -0.4 is 0 Å². The third-order valence-corrected chi connectivity index (χ3v) is 2.39. The molecule has 0 saturated carbocycles. The van der Waals surface area contributed by atoms with Crippen molar-refractivity contribution in [3.8, 4) is 0 Å². The number of hydrogen-bond donors (Lipinski definition) is 2. The average Bonchev–Trinajstić information content (AvgIpc) is 2.17. The molecule has 0 spiro atoms. The van der Waals surface area contributed by atoms with Crippen LogP contribution in [0.1, 0.15) is 40.5 Å². The van der Waals surface area contributed by atoms with Crippen LogP contribution in [0, 0.1) is 11.8 Å². The van der Waals surface area contributed by atoms with E-state index in [1.165, 1.54) is 13.8 Å². The summed E-state index contributed by atoms with van der Waals surface area (Å²) in [6.45, 7) is 5.95. The Morgan fingerprint density at radius 1 is 0.789 bits per heavy atom. The summed E-state index contributed by atoms with van der Waals surface area (Å²) in [6.07, 6.45) is 0.759. The molecular weight excluding hydrogens is 310 g/mol. The minimum absolute atomic E-state index is 0. The second-order valence-corrected chi connectivity index (χ2v) is 3.82. The van der Waals surface area contributed by atoms with E-state index in [1.807, 2.05) is 0 Å². The number of carbonyl (C=O) groups is 4. The molecule has 2 atom stereocenters. The molecule has 0 fully saturated rings. The molecule has 110 valence electrons. The van der Waals surface area contributed by atoms with Gasteiger partial charge < -0.3 is 10.2 Å². The molecule has 6 nitrogen and oxygen atoms in total. The van der Waals surface area contributed by atoms with Crippen molar-refractivity contribution in [3.63, 3.8) is 0 Å². The number of rotatable bonds is 6. The number of Topliss-reactive ketones (excluding diaryl/α,β-unsaturated/α-hetero) is 2. The number of carboxylic acid groups (broad SMARTS) is 2. The second-order valence-electron chi connectivity index (χ2n) is 3.82. The Hall–Kier alpha value is -1.08. The zero-order chi connectivity index (χ0) is 14.9. The molecule has 0 aromatic heterocycles. The van der Waals surface area contributed by atoms with Gasteiger partial charge in [0, 0.05) is 0 Å². The van der Waals surface area contributed by atoms with Crippen molar-refractivity contribution in [2.24, 2.45) is 11.8 Å². The van der Waals surface area contributed by atoms with E-state index in [0.29, 0.717) is 12.8 Å². The van der Waals surface area contributed by atoms with Crippen LogP contribution in [0.25, 0.3) is 0 Å². The van der Waals surface area contributed by atoms with E-state index in [-0.39, 0.29) is 31.4 Å². The zero-order valence-corrected chi connectivity index (χ0v) is 11.1.